The molecule has 11 aliphatic rings. The van der Waals surface area contributed by atoms with Gasteiger partial charge in [-0.2, -0.15) is 0 Å². The van der Waals surface area contributed by atoms with Crippen LogP contribution in [0.15, 0.2) is 11.6 Å². The zero-order valence-electron chi connectivity index (χ0n) is 55.7. The first-order chi connectivity index (χ1) is 45.5. The predicted molar refractivity (Wildman–Crippen MR) is 320 cm³/mol. The number of esters is 1. The third-order valence-corrected chi connectivity index (χ3v) is 24.7. The van der Waals surface area contributed by atoms with Crippen LogP contribution in [0.5, 0.6) is 0 Å². The number of hydrogen-bond acceptors (Lipinski definition) is 32. The van der Waals surface area contributed by atoms with E-state index in [0.717, 1.165) is 5.57 Å². The molecule has 0 spiro atoms. The van der Waals surface area contributed by atoms with Gasteiger partial charge in [0.1, 0.15) is 115 Å². The molecule has 1 amide bonds. The smallest absolute Gasteiger partial charge is 0.317 e. The lowest BCUT2D eigenvalue weighted by atomic mass is 9.32. The molecule has 35 atom stereocenters. The van der Waals surface area contributed by atoms with Crippen LogP contribution in [0.1, 0.15) is 107 Å². The van der Waals surface area contributed by atoms with E-state index in [-0.39, 0.29) is 18.3 Å². The van der Waals surface area contributed by atoms with Gasteiger partial charge in [0.15, 0.2) is 31.3 Å². The van der Waals surface area contributed by atoms with Crippen LogP contribution in [0, 0.1) is 50.2 Å². The van der Waals surface area contributed by atoms with Crippen LogP contribution >= 0.6 is 0 Å². The summed E-state index contributed by atoms with van der Waals surface area (Å²) in [5, 5.41) is 191. The fourth-order valence-electron chi connectivity index (χ4n) is 18.7. The first kappa shape index (κ1) is 75.7. The molecule has 35 unspecified atom stereocenters. The van der Waals surface area contributed by atoms with Gasteiger partial charge in [-0.3, -0.25) is 9.59 Å². The molecule has 33 nitrogen and oxygen atoms in total. The first-order valence-electron chi connectivity index (χ1n) is 33.8. The Morgan fingerprint density at radius 1 is 0.577 bits per heavy atom. The average Bonchev–Trinajstić information content (AvgIpc) is 0.927. The summed E-state index contributed by atoms with van der Waals surface area (Å²) in [7, 11) is 0. The predicted octanol–water partition coefficient (Wildman–Crippen LogP) is -5.81. The number of aliphatic hydroxyl groups excluding tert-OH is 16. The maximum absolute atomic E-state index is 15.6. The Bertz CT molecular complexity index is 2790. The van der Waals surface area contributed by atoms with E-state index < -0.39 is 268 Å². The lowest BCUT2D eigenvalue weighted by Crippen LogP contribution is -2.73. The third-order valence-electron chi connectivity index (χ3n) is 24.7. The minimum Gasteiger partial charge on any atom is -0.432 e. The second kappa shape index (κ2) is 28.2. The van der Waals surface area contributed by atoms with Crippen LogP contribution in [0.2, 0.25) is 0 Å². The molecule has 0 aromatic carbocycles. The molecule has 0 radical (unpaired) electrons. The molecule has 33 heteroatoms. The molecule has 0 aromatic rings. The van der Waals surface area contributed by atoms with E-state index in [1.54, 1.807) is 0 Å². The number of carbonyl (C=O) groups excluding carboxylic acids is 2. The summed E-state index contributed by atoms with van der Waals surface area (Å²) >= 11 is 0. The van der Waals surface area contributed by atoms with Crippen LogP contribution in [0.3, 0.4) is 0 Å². The summed E-state index contributed by atoms with van der Waals surface area (Å²) in [5.74, 6) is -2.59. The minimum absolute atomic E-state index is 0.00862. The van der Waals surface area contributed by atoms with Crippen molar-refractivity contribution >= 4 is 11.9 Å². The summed E-state index contributed by atoms with van der Waals surface area (Å²) in [6, 6.07) is -1.28. The van der Waals surface area contributed by atoms with Gasteiger partial charge in [-0.25, -0.2) is 9.78 Å². The maximum Gasteiger partial charge on any atom is 0.317 e. The van der Waals surface area contributed by atoms with E-state index in [1.807, 2.05) is 6.92 Å². The van der Waals surface area contributed by atoms with Gasteiger partial charge in [-0.05, 0) is 90.8 Å². The molecular formula is C64H103NO32. The average molecular weight is 1400 g/mol. The SMILES string of the molecule is CC(=O)NC1C(OC2CCC3(C)C(CCC4(C)C3CC=C3C5CC(C)(C)CCC5(C(=O)OC5OC(CO)C(O)C(O)C5OOC5OCC(O)C(OC6OCC(O)(CO)C6O)C5O)C(O)C(O)C34C)C2(C)C)OC(COC2OCC(O)C(OC3OCC(O)C(O)C3O)C2O)C(O)C1O. The molecule has 10 fully saturated rings. The maximum atomic E-state index is 15.6. The molecule has 11 rings (SSSR count). The van der Waals surface area contributed by atoms with Crippen molar-refractivity contribution < 1.29 is 158 Å². The molecule has 4 saturated carbocycles. The number of amides is 1. The molecule has 5 aliphatic carbocycles. The second-order valence-corrected chi connectivity index (χ2v) is 31.2. The quantitative estimate of drug-likeness (QED) is 0.0212. The van der Waals surface area contributed by atoms with Gasteiger partial charge in [-0.15, -0.1) is 0 Å². The number of ether oxygens (including phenoxy) is 11. The highest BCUT2D eigenvalue weighted by atomic mass is 17.2. The van der Waals surface area contributed by atoms with Crippen molar-refractivity contribution in [3.8, 4) is 0 Å². The summed E-state index contributed by atoms with van der Waals surface area (Å²) in [6.45, 7) is 11.6. The molecular weight excluding hydrogens is 1290 g/mol. The van der Waals surface area contributed by atoms with Gasteiger partial charge in [0.05, 0.1) is 64.6 Å². The number of carbonyl (C=O) groups is 2. The number of nitrogens with one attached hydrogen (secondary N) is 1. The van der Waals surface area contributed by atoms with Crippen molar-refractivity contribution in [1.29, 1.82) is 0 Å². The Balaban J connectivity index is 0.800. The Labute approximate surface area is 560 Å². The number of hydrogen-bond donors (Lipinski definition) is 18. The first-order valence-corrected chi connectivity index (χ1v) is 33.8. The Kier molecular flexibility index (Phi) is 22.0. The largest absolute Gasteiger partial charge is 0.432 e. The van der Waals surface area contributed by atoms with Gasteiger partial charge < -0.3 is 144 Å². The van der Waals surface area contributed by atoms with Gasteiger partial charge in [0.2, 0.25) is 18.5 Å². The molecule has 6 saturated heterocycles. The van der Waals surface area contributed by atoms with E-state index >= 15 is 4.79 Å². The van der Waals surface area contributed by atoms with Gasteiger partial charge >= 0.3 is 5.97 Å². The Morgan fingerprint density at radius 3 is 1.85 bits per heavy atom. The Morgan fingerprint density at radius 2 is 1.20 bits per heavy atom. The van der Waals surface area contributed by atoms with Crippen molar-refractivity contribution in [3.05, 3.63) is 11.6 Å². The lowest BCUT2D eigenvalue weighted by molar-refractivity contribution is -0.465. The highest BCUT2D eigenvalue weighted by molar-refractivity contribution is 5.80. The van der Waals surface area contributed by atoms with E-state index in [9.17, 15) is 91.6 Å². The summed E-state index contributed by atoms with van der Waals surface area (Å²) in [5.41, 5.74) is -6.70. The van der Waals surface area contributed by atoms with E-state index in [0.29, 0.717) is 44.9 Å². The summed E-state index contributed by atoms with van der Waals surface area (Å²) in [4.78, 5) is 39.4. The van der Waals surface area contributed by atoms with Crippen molar-refractivity contribution in [2.45, 2.75) is 278 Å². The number of allylic oxidation sites excluding steroid dienone is 1. The van der Waals surface area contributed by atoms with E-state index in [4.69, 9.17) is 61.9 Å². The molecule has 6 heterocycles. The van der Waals surface area contributed by atoms with Crippen molar-refractivity contribution in [2.24, 2.45) is 50.2 Å². The summed E-state index contributed by atoms with van der Waals surface area (Å²) in [6.07, 6.45) is -37.1. The normalized spacial score (nSPS) is 52.7. The van der Waals surface area contributed by atoms with Gasteiger partial charge in [0.25, 0.3) is 0 Å². The molecule has 6 aliphatic heterocycles. The lowest BCUT2D eigenvalue weighted by Gasteiger charge is -2.72. The van der Waals surface area contributed by atoms with Crippen LogP contribution in [-0.4, -0.2) is 316 Å². The number of rotatable bonds is 17. The standard InChI is InChI=1S/C64H103NO32/c1-25(68)65-36-40(75)39(74)32(22-88-52-43(78)45(29(70)20-85-52)93-53-42(77)37(72)28(69)19-86-53)91-51(36)92-35-12-13-60(6)33(59(35,4)5)11-14-61(7)34(60)10-9-26-27-17-58(2,3)15-16-64(27,49(81)48(80)62(26,61)8)57(83)95-55-47(41(76)38(73)31(18-66)90-55)96-97-54-44(79)46(30(71)21-87-54)94-56-50(82)63(84,23-67)24-89-56/h9,27-56,66-67,69-82,84H,10-24H2,1-8H3,(H,65,68). The fourth-order valence-corrected chi connectivity index (χ4v) is 18.7. The van der Waals surface area contributed by atoms with E-state index in [1.165, 1.54) is 6.92 Å². The highest BCUT2D eigenvalue weighted by Crippen LogP contribution is 2.76. The highest BCUT2D eigenvalue weighted by Gasteiger charge is 2.75. The zero-order chi connectivity index (χ0) is 70.8. The van der Waals surface area contributed by atoms with Crippen molar-refractivity contribution in [3.63, 3.8) is 0 Å². The van der Waals surface area contributed by atoms with Crippen LogP contribution in [-0.2, 0) is 71.5 Å². The van der Waals surface area contributed by atoms with Crippen molar-refractivity contribution in [2.75, 3.05) is 46.2 Å². The molecule has 97 heavy (non-hydrogen) atoms. The third kappa shape index (κ3) is 13.0. The Hall–Kier alpha value is -2.48. The zero-order valence-corrected chi connectivity index (χ0v) is 55.7. The van der Waals surface area contributed by atoms with Crippen LogP contribution < -0.4 is 5.32 Å². The van der Waals surface area contributed by atoms with Gasteiger partial charge in [0, 0.05) is 12.3 Å². The fraction of sp³-hybridized carbons (Fsp3) is 0.938. The number of fused-ring (bicyclic) bond motifs is 7. The second-order valence-electron chi connectivity index (χ2n) is 31.2. The van der Waals surface area contributed by atoms with Crippen LogP contribution in [0.4, 0.5) is 0 Å². The van der Waals surface area contributed by atoms with Gasteiger partial charge in [-0.1, -0.05) is 60.1 Å². The van der Waals surface area contributed by atoms with Crippen LogP contribution in [0.25, 0.3) is 0 Å². The molecule has 0 aromatic heterocycles. The minimum atomic E-state index is -2.11. The monoisotopic (exact) mass is 1400 g/mol. The molecule has 556 valence electrons. The summed E-state index contributed by atoms with van der Waals surface area (Å²) < 4.78 is 64.3. The van der Waals surface area contributed by atoms with Crippen molar-refractivity contribution in [1.82, 2.24) is 5.32 Å². The van der Waals surface area contributed by atoms with E-state index in [2.05, 4.69) is 52.9 Å². The number of aliphatic hydroxyl groups is 17. The molecule has 18 N–H and O–H groups in total. The topological polar surface area (TPSA) is 510 Å². The molecule has 0 bridgehead atoms.